The zero-order valence-electron chi connectivity index (χ0n) is 12.0. The van der Waals surface area contributed by atoms with Crippen LogP contribution in [0.5, 0.6) is 0 Å². The van der Waals surface area contributed by atoms with Gasteiger partial charge < -0.3 is 9.47 Å². The Morgan fingerprint density at radius 1 is 1.11 bits per heavy atom. The Morgan fingerprint density at radius 3 is 2.28 bits per heavy atom. The second-order valence-corrected chi connectivity index (χ2v) is 6.35. The Hall–Kier alpha value is -0.520. The zero-order valence-corrected chi connectivity index (χ0v) is 12.0. The Balaban J connectivity index is 1.74. The number of hydrogen-bond acceptors (Lipinski definition) is 2. The lowest BCUT2D eigenvalue weighted by atomic mass is 9.81. The van der Waals surface area contributed by atoms with E-state index in [9.17, 15) is 0 Å². The SMILES string of the molecule is CC#CC1(C)COC(CC2CCC(C)CC2)OC1. The topological polar surface area (TPSA) is 18.5 Å². The summed E-state index contributed by atoms with van der Waals surface area (Å²) in [5, 5.41) is 0. The molecule has 0 atom stereocenters. The van der Waals surface area contributed by atoms with Crippen molar-refractivity contribution < 1.29 is 9.47 Å². The van der Waals surface area contributed by atoms with Crippen molar-refractivity contribution in [2.75, 3.05) is 13.2 Å². The molecule has 18 heavy (non-hydrogen) atoms. The zero-order chi connectivity index (χ0) is 13.0. The van der Waals surface area contributed by atoms with E-state index >= 15 is 0 Å². The average Bonchev–Trinajstić information content (AvgIpc) is 2.35. The van der Waals surface area contributed by atoms with Crippen LogP contribution in [0.3, 0.4) is 0 Å². The Bertz CT molecular complexity index is 310. The molecule has 0 N–H and O–H groups in total. The molecule has 2 heteroatoms. The molecule has 2 aliphatic rings. The summed E-state index contributed by atoms with van der Waals surface area (Å²) in [4.78, 5) is 0. The van der Waals surface area contributed by atoms with Crippen molar-refractivity contribution in [3.63, 3.8) is 0 Å². The molecule has 0 radical (unpaired) electrons. The molecule has 1 saturated carbocycles. The normalized spacial score (nSPS) is 40.9. The van der Waals surface area contributed by atoms with Gasteiger partial charge in [0.25, 0.3) is 0 Å². The summed E-state index contributed by atoms with van der Waals surface area (Å²) in [5.41, 5.74) is -0.105. The monoisotopic (exact) mass is 250 g/mol. The van der Waals surface area contributed by atoms with E-state index < -0.39 is 0 Å². The van der Waals surface area contributed by atoms with E-state index in [4.69, 9.17) is 9.47 Å². The highest BCUT2D eigenvalue weighted by atomic mass is 16.7. The lowest BCUT2D eigenvalue weighted by Crippen LogP contribution is -2.39. The van der Waals surface area contributed by atoms with Gasteiger partial charge in [-0.1, -0.05) is 38.5 Å². The van der Waals surface area contributed by atoms with Crippen LogP contribution in [0, 0.1) is 29.1 Å². The molecule has 0 spiro atoms. The van der Waals surface area contributed by atoms with Crippen LogP contribution in [0.15, 0.2) is 0 Å². The molecule has 0 aromatic heterocycles. The molecule has 2 nitrogen and oxygen atoms in total. The second kappa shape index (κ2) is 6.08. The summed E-state index contributed by atoms with van der Waals surface area (Å²) in [7, 11) is 0. The molecule has 0 bridgehead atoms. The Labute approximate surface area is 111 Å². The lowest BCUT2D eigenvalue weighted by molar-refractivity contribution is -0.220. The van der Waals surface area contributed by atoms with Crippen LogP contribution in [-0.2, 0) is 9.47 Å². The van der Waals surface area contributed by atoms with Crippen molar-refractivity contribution in [1.82, 2.24) is 0 Å². The summed E-state index contributed by atoms with van der Waals surface area (Å²) < 4.78 is 11.7. The van der Waals surface area contributed by atoms with Gasteiger partial charge in [-0.3, -0.25) is 0 Å². The number of hydrogen-bond donors (Lipinski definition) is 0. The molecular weight excluding hydrogens is 224 g/mol. The van der Waals surface area contributed by atoms with Crippen molar-refractivity contribution in [1.29, 1.82) is 0 Å². The van der Waals surface area contributed by atoms with Crippen molar-refractivity contribution in [3.05, 3.63) is 0 Å². The minimum absolute atomic E-state index is 0.00939. The fourth-order valence-corrected chi connectivity index (χ4v) is 2.99. The maximum absolute atomic E-state index is 5.85. The minimum atomic E-state index is -0.105. The van der Waals surface area contributed by atoms with Crippen LogP contribution in [0.1, 0.15) is 52.9 Å². The van der Waals surface area contributed by atoms with Gasteiger partial charge in [-0.25, -0.2) is 0 Å². The van der Waals surface area contributed by atoms with Gasteiger partial charge in [0.15, 0.2) is 6.29 Å². The first kappa shape index (κ1) is 13.9. The van der Waals surface area contributed by atoms with E-state index in [0.29, 0.717) is 13.2 Å². The van der Waals surface area contributed by atoms with Gasteiger partial charge in [0.2, 0.25) is 0 Å². The van der Waals surface area contributed by atoms with Crippen molar-refractivity contribution in [2.45, 2.75) is 59.2 Å². The first-order valence-electron chi connectivity index (χ1n) is 7.28. The van der Waals surface area contributed by atoms with E-state index in [1.807, 2.05) is 6.92 Å². The van der Waals surface area contributed by atoms with Crippen molar-refractivity contribution in [3.8, 4) is 11.8 Å². The first-order valence-corrected chi connectivity index (χ1v) is 7.28. The molecule has 0 unspecified atom stereocenters. The summed E-state index contributed by atoms with van der Waals surface area (Å²) in [5.74, 6) is 7.87. The first-order chi connectivity index (χ1) is 8.61. The summed E-state index contributed by atoms with van der Waals surface area (Å²) >= 11 is 0. The summed E-state index contributed by atoms with van der Waals surface area (Å²) in [6.07, 6.45) is 6.51. The van der Waals surface area contributed by atoms with E-state index in [2.05, 4.69) is 25.7 Å². The Kier molecular flexibility index (Phi) is 4.70. The second-order valence-electron chi connectivity index (χ2n) is 6.35. The fraction of sp³-hybridized carbons (Fsp3) is 0.875. The van der Waals surface area contributed by atoms with Crippen LogP contribution in [0.4, 0.5) is 0 Å². The lowest BCUT2D eigenvalue weighted by Gasteiger charge is -2.36. The molecule has 0 amide bonds. The minimum Gasteiger partial charge on any atom is -0.351 e. The number of rotatable bonds is 2. The van der Waals surface area contributed by atoms with Gasteiger partial charge >= 0.3 is 0 Å². The van der Waals surface area contributed by atoms with E-state index in [1.165, 1.54) is 25.7 Å². The molecule has 1 aliphatic carbocycles. The molecule has 102 valence electrons. The van der Waals surface area contributed by atoms with Crippen LogP contribution >= 0.6 is 0 Å². The molecule has 0 aromatic carbocycles. The third kappa shape index (κ3) is 3.73. The van der Waals surface area contributed by atoms with Gasteiger partial charge in [0, 0.05) is 6.42 Å². The third-order valence-electron chi connectivity index (χ3n) is 4.26. The summed E-state index contributed by atoms with van der Waals surface area (Å²) in [6, 6.07) is 0. The average molecular weight is 250 g/mol. The predicted molar refractivity (Wildman–Crippen MR) is 73.0 cm³/mol. The molecule has 1 heterocycles. The molecular formula is C16H26O2. The molecule has 1 saturated heterocycles. The molecule has 1 aliphatic heterocycles. The van der Waals surface area contributed by atoms with Crippen molar-refractivity contribution in [2.24, 2.45) is 17.3 Å². The van der Waals surface area contributed by atoms with E-state index in [1.54, 1.807) is 0 Å². The third-order valence-corrected chi connectivity index (χ3v) is 4.26. The molecule has 2 rings (SSSR count). The smallest absolute Gasteiger partial charge is 0.157 e. The molecule has 2 fully saturated rings. The van der Waals surface area contributed by atoms with Gasteiger partial charge in [0.05, 0.1) is 18.6 Å². The highest BCUT2D eigenvalue weighted by Gasteiger charge is 2.32. The van der Waals surface area contributed by atoms with E-state index in [0.717, 1.165) is 18.3 Å². The highest BCUT2D eigenvalue weighted by molar-refractivity contribution is 5.09. The van der Waals surface area contributed by atoms with Crippen LogP contribution in [0.25, 0.3) is 0 Å². The maximum atomic E-state index is 5.85. The predicted octanol–water partition coefficient (Wildman–Crippen LogP) is 3.61. The standard InChI is InChI=1S/C16H26O2/c1-4-9-16(3)11-17-15(18-12-16)10-14-7-5-13(2)6-8-14/h13-15H,5-8,10-12H2,1-3H3. The van der Waals surface area contributed by atoms with Crippen LogP contribution in [0.2, 0.25) is 0 Å². The number of ether oxygens (including phenoxy) is 2. The Morgan fingerprint density at radius 2 is 1.72 bits per heavy atom. The van der Waals surface area contributed by atoms with E-state index in [-0.39, 0.29) is 11.7 Å². The molecule has 0 aromatic rings. The quantitative estimate of drug-likeness (QED) is 0.697. The highest BCUT2D eigenvalue weighted by Crippen LogP contribution is 2.33. The fourth-order valence-electron chi connectivity index (χ4n) is 2.99. The van der Waals surface area contributed by atoms with Crippen molar-refractivity contribution >= 4 is 0 Å². The van der Waals surface area contributed by atoms with Gasteiger partial charge in [0.1, 0.15) is 0 Å². The van der Waals surface area contributed by atoms with Gasteiger partial charge in [-0.15, -0.1) is 5.92 Å². The maximum Gasteiger partial charge on any atom is 0.157 e. The van der Waals surface area contributed by atoms with Crippen LogP contribution in [-0.4, -0.2) is 19.5 Å². The largest absolute Gasteiger partial charge is 0.351 e. The van der Waals surface area contributed by atoms with Gasteiger partial charge in [-0.2, -0.15) is 0 Å². The summed E-state index contributed by atoms with van der Waals surface area (Å²) in [6.45, 7) is 7.77. The van der Waals surface area contributed by atoms with Crippen LogP contribution < -0.4 is 0 Å². The van der Waals surface area contributed by atoms with Gasteiger partial charge in [-0.05, 0) is 25.7 Å².